The number of carbonyl (C=O) groups excluding carboxylic acids is 2. The number of nitrogens with two attached hydrogens (primary N) is 1. The molecule has 3 aromatic carbocycles. The highest BCUT2D eigenvalue weighted by atomic mass is 32.2. The minimum atomic E-state index is -3.74. The van der Waals surface area contributed by atoms with Crippen molar-refractivity contribution in [2.24, 2.45) is 5.14 Å². The summed E-state index contributed by atoms with van der Waals surface area (Å²) in [5.74, 6) is 1.04. The van der Waals surface area contributed by atoms with Gasteiger partial charge in [-0.25, -0.2) is 18.4 Å². The van der Waals surface area contributed by atoms with E-state index in [1.54, 1.807) is 12.1 Å². The van der Waals surface area contributed by atoms with Crippen LogP contribution in [0.4, 0.5) is 4.79 Å². The number of urea groups is 1. The van der Waals surface area contributed by atoms with Gasteiger partial charge in [0.05, 0.1) is 17.0 Å². The lowest BCUT2D eigenvalue weighted by Gasteiger charge is -2.24. The van der Waals surface area contributed by atoms with Gasteiger partial charge >= 0.3 is 6.03 Å². The number of hydrogen-bond acceptors (Lipinski definition) is 5. The maximum absolute atomic E-state index is 13.4. The van der Waals surface area contributed by atoms with Gasteiger partial charge in [-0.2, -0.15) is 11.8 Å². The second kappa shape index (κ2) is 12.0. The van der Waals surface area contributed by atoms with E-state index in [0.717, 1.165) is 46.9 Å². The summed E-state index contributed by atoms with van der Waals surface area (Å²) in [6.07, 6.45) is 3.78. The molecule has 2 fully saturated rings. The van der Waals surface area contributed by atoms with Crippen molar-refractivity contribution in [2.45, 2.75) is 60.9 Å². The Morgan fingerprint density at radius 2 is 1.72 bits per heavy atom. The van der Waals surface area contributed by atoms with Crippen LogP contribution < -0.4 is 15.8 Å². The van der Waals surface area contributed by atoms with Gasteiger partial charge in [-0.3, -0.25) is 4.79 Å². The standard InChI is InChI=1S/C29H34N4O4S2/c30-39(36,37)24-13-10-20(11-14-24)15-16-33(18-21-9-12-22-5-1-2-6-23(22)17-21)27(34)8-4-3-7-26-28-25(19-38-26)31-29(35)32-28/h1-2,5-6,9-14,17,25-26,28H,3-4,7-8,15-16,18-19H2,(H2,30,36,37)(H2,31,32,35)/t25-,26-,28-/m0/s1. The average Bonchev–Trinajstić information content (AvgIpc) is 3.47. The van der Waals surface area contributed by atoms with Crippen molar-refractivity contribution in [1.29, 1.82) is 0 Å². The molecular formula is C29H34N4O4S2. The molecule has 5 rings (SSSR count). The van der Waals surface area contributed by atoms with E-state index in [1.165, 1.54) is 12.1 Å². The summed E-state index contributed by atoms with van der Waals surface area (Å²) < 4.78 is 23.2. The van der Waals surface area contributed by atoms with Crippen LogP contribution in [0.1, 0.15) is 36.8 Å². The minimum Gasteiger partial charge on any atom is -0.338 e. The number of nitrogens with zero attached hydrogens (tertiary/aromatic N) is 1. The lowest BCUT2D eigenvalue weighted by atomic mass is 10.0. The topological polar surface area (TPSA) is 122 Å². The van der Waals surface area contributed by atoms with Crippen molar-refractivity contribution in [3.63, 3.8) is 0 Å². The van der Waals surface area contributed by atoms with Gasteiger partial charge in [0.25, 0.3) is 0 Å². The van der Waals surface area contributed by atoms with Crippen LogP contribution in [0.2, 0.25) is 0 Å². The van der Waals surface area contributed by atoms with Crippen LogP contribution in [-0.4, -0.2) is 54.9 Å². The highest BCUT2D eigenvalue weighted by Gasteiger charge is 2.42. The number of rotatable bonds is 11. The van der Waals surface area contributed by atoms with E-state index in [4.69, 9.17) is 5.14 Å². The number of amides is 3. The highest BCUT2D eigenvalue weighted by molar-refractivity contribution is 8.00. The maximum atomic E-state index is 13.4. The molecular weight excluding hydrogens is 532 g/mol. The van der Waals surface area contributed by atoms with Crippen LogP contribution in [-0.2, 0) is 27.8 Å². The molecule has 0 saturated carbocycles. The van der Waals surface area contributed by atoms with Gasteiger partial charge in [-0.15, -0.1) is 0 Å². The van der Waals surface area contributed by atoms with E-state index >= 15 is 0 Å². The van der Waals surface area contributed by atoms with Gasteiger partial charge in [0.2, 0.25) is 15.9 Å². The number of sulfonamides is 1. The predicted molar refractivity (Wildman–Crippen MR) is 155 cm³/mol. The van der Waals surface area contributed by atoms with Crippen LogP contribution in [0.25, 0.3) is 10.8 Å². The van der Waals surface area contributed by atoms with E-state index in [2.05, 4.69) is 41.0 Å². The molecule has 10 heteroatoms. The van der Waals surface area contributed by atoms with E-state index in [1.807, 2.05) is 28.8 Å². The number of primary sulfonamides is 1. The van der Waals surface area contributed by atoms with Gasteiger partial charge in [-0.1, -0.05) is 55.0 Å². The first-order chi connectivity index (χ1) is 18.8. The summed E-state index contributed by atoms with van der Waals surface area (Å²) in [5.41, 5.74) is 2.02. The molecule has 3 atom stereocenters. The van der Waals surface area contributed by atoms with Gasteiger partial charge < -0.3 is 15.5 Å². The van der Waals surface area contributed by atoms with Gasteiger partial charge in [0.1, 0.15) is 0 Å². The molecule has 3 aromatic rings. The molecule has 8 nitrogen and oxygen atoms in total. The van der Waals surface area contributed by atoms with Crippen LogP contribution >= 0.6 is 11.8 Å². The Balaban J connectivity index is 1.20. The Bertz CT molecular complexity index is 1450. The molecule has 0 radical (unpaired) electrons. The van der Waals surface area contributed by atoms with E-state index in [0.29, 0.717) is 31.2 Å². The summed E-state index contributed by atoms with van der Waals surface area (Å²) in [6.45, 7) is 1.04. The molecule has 2 aliphatic heterocycles. The van der Waals surface area contributed by atoms with Crippen LogP contribution in [0, 0.1) is 0 Å². The molecule has 0 unspecified atom stereocenters. The SMILES string of the molecule is NS(=O)(=O)c1ccc(CCN(Cc2ccc3ccccc3c2)C(=O)CCCC[C@@H]2SC[C@@H]3NC(=O)N[C@@H]32)cc1. The van der Waals surface area contributed by atoms with Crippen molar-refractivity contribution in [1.82, 2.24) is 15.5 Å². The number of hydrogen-bond donors (Lipinski definition) is 3. The fraction of sp³-hybridized carbons (Fsp3) is 0.379. The average molecular weight is 567 g/mol. The van der Waals surface area contributed by atoms with Crippen molar-refractivity contribution in [3.05, 3.63) is 77.9 Å². The maximum Gasteiger partial charge on any atom is 0.315 e. The summed E-state index contributed by atoms with van der Waals surface area (Å²) in [4.78, 5) is 27.0. The zero-order valence-electron chi connectivity index (χ0n) is 21.7. The Kier molecular flexibility index (Phi) is 8.44. The monoisotopic (exact) mass is 566 g/mol. The molecule has 2 heterocycles. The van der Waals surface area contributed by atoms with Gasteiger partial charge in [0.15, 0.2) is 0 Å². The zero-order valence-corrected chi connectivity index (χ0v) is 23.3. The molecule has 0 aromatic heterocycles. The molecule has 3 amide bonds. The Morgan fingerprint density at radius 3 is 2.49 bits per heavy atom. The second-order valence-electron chi connectivity index (χ2n) is 10.3. The summed E-state index contributed by atoms with van der Waals surface area (Å²) in [5, 5.41) is 13.9. The van der Waals surface area contributed by atoms with Crippen LogP contribution in [0.3, 0.4) is 0 Å². The Labute approximate surface area is 233 Å². The lowest BCUT2D eigenvalue weighted by molar-refractivity contribution is -0.131. The van der Waals surface area contributed by atoms with Crippen molar-refractivity contribution >= 4 is 44.5 Å². The number of carbonyl (C=O) groups is 2. The number of benzene rings is 3. The molecule has 0 aliphatic carbocycles. The Morgan fingerprint density at radius 1 is 0.974 bits per heavy atom. The van der Waals surface area contributed by atoms with E-state index in [9.17, 15) is 18.0 Å². The number of unbranched alkanes of at least 4 members (excludes halogenated alkanes) is 1. The van der Waals surface area contributed by atoms with Crippen molar-refractivity contribution < 1.29 is 18.0 Å². The molecule has 2 saturated heterocycles. The smallest absolute Gasteiger partial charge is 0.315 e. The van der Waals surface area contributed by atoms with Crippen LogP contribution in [0.5, 0.6) is 0 Å². The number of thioether (sulfide) groups is 1. The zero-order chi connectivity index (χ0) is 27.4. The van der Waals surface area contributed by atoms with Gasteiger partial charge in [0, 0.05) is 30.5 Å². The fourth-order valence-electron chi connectivity index (χ4n) is 5.38. The number of nitrogens with one attached hydrogen (secondary N) is 2. The molecule has 2 aliphatic rings. The number of fused-ring (bicyclic) bond motifs is 2. The summed E-state index contributed by atoms with van der Waals surface area (Å²) >= 11 is 1.89. The summed E-state index contributed by atoms with van der Waals surface area (Å²) in [7, 11) is -3.74. The third-order valence-electron chi connectivity index (χ3n) is 7.53. The van der Waals surface area contributed by atoms with Gasteiger partial charge in [-0.05, 0) is 59.4 Å². The van der Waals surface area contributed by atoms with Crippen LogP contribution in [0.15, 0.2) is 71.6 Å². The molecule has 39 heavy (non-hydrogen) atoms. The van der Waals surface area contributed by atoms with E-state index < -0.39 is 10.0 Å². The summed E-state index contributed by atoms with van der Waals surface area (Å²) in [6, 6.07) is 21.3. The third kappa shape index (κ3) is 6.93. The first kappa shape index (κ1) is 27.5. The van der Waals surface area contributed by atoms with E-state index in [-0.39, 0.29) is 28.9 Å². The minimum absolute atomic E-state index is 0.0749. The Hall–Kier alpha value is -3.08. The predicted octanol–water partition coefficient (Wildman–Crippen LogP) is 3.78. The molecule has 206 valence electrons. The lowest BCUT2D eigenvalue weighted by Crippen LogP contribution is -2.36. The first-order valence-electron chi connectivity index (χ1n) is 13.3. The first-order valence-corrected chi connectivity index (χ1v) is 15.9. The van der Waals surface area contributed by atoms with Crippen molar-refractivity contribution in [3.8, 4) is 0 Å². The molecule has 0 spiro atoms. The quantitative estimate of drug-likeness (QED) is 0.241. The second-order valence-corrected chi connectivity index (χ2v) is 13.1. The largest absolute Gasteiger partial charge is 0.338 e. The van der Waals surface area contributed by atoms with Crippen molar-refractivity contribution in [2.75, 3.05) is 12.3 Å². The molecule has 0 bridgehead atoms. The third-order valence-corrected chi connectivity index (χ3v) is 9.97. The molecule has 4 N–H and O–H groups in total. The highest BCUT2D eigenvalue weighted by Crippen LogP contribution is 2.33. The fourth-order valence-corrected chi connectivity index (χ4v) is 7.44. The normalized spacial score (nSPS) is 20.4.